The van der Waals surface area contributed by atoms with Crippen LogP contribution in [0.5, 0.6) is 0 Å². The maximum atomic E-state index is 13.0. The highest BCUT2D eigenvalue weighted by Crippen LogP contribution is 2.29. The SMILES string of the molecule is Cc1ccc(S(=O)(=O)c2cc([C@@H](Cc3ccccc3)C(=O)OC(C)(C)C)c[nH]2)cc1. The third-order valence-corrected chi connectivity index (χ3v) is 6.38. The topological polar surface area (TPSA) is 76.2 Å². The van der Waals surface area contributed by atoms with E-state index >= 15 is 0 Å². The number of hydrogen-bond donors (Lipinski definition) is 1. The zero-order valence-corrected chi connectivity index (χ0v) is 18.5. The Hall–Kier alpha value is -2.86. The number of esters is 1. The van der Waals surface area contributed by atoms with Crippen LogP contribution in [0, 0.1) is 6.92 Å². The van der Waals surface area contributed by atoms with Gasteiger partial charge in [0.05, 0.1) is 10.8 Å². The summed E-state index contributed by atoms with van der Waals surface area (Å²) < 4.78 is 31.6. The Balaban J connectivity index is 1.95. The summed E-state index contributed by atoms with van der Waals surface area (Å²) in [6, 6.07) is 17.8. The molecular formula is C24H27NO4S. The lowest BCUT2D eigenvalue weighted by Gasteiger charge is -2.23. The highest BCUT2D eigenvalue weighted by Gasteiger charge is 2.29. The molecule has 0 aliphatic carbocycles. The number of aryl methyl sites for hydroxylation is 1. The molecule has 0 aliphatic heterocycles. The van der Waals surface area contributed by atoms with Crippen molar-refractivity contribution in [2.45, 2.75) is 55.6 Å². The van der Waals surface area contributed by atoms with Crippen molar-refractivity contribution in [3.8, 4) is 0 Å². The molecule has 0 fully saturated rings. The van der Waals surface area contributed by atoms with Crippen molar-refractivity contribution >= 4 is 15.8 Å². The van der Waals surface area contributed by atoms with E-state index < -0.39 is 21.4 Å². The molecule has 1 heterocycles. The molecule has 0 saturated heterocycles. The van der Waals surface area contributed by atoms with Gasteiger partial charge in [-0.05, 0) is 63.4 Å². The van der Waals surface area contributed by atoms with Gasteiger partial charge in [-0.15, -0.1) is 0 Å². The van der Waals surface area contributed by atoms with E-state index in [1.54, 1.807) is 30.5 Å². The van der Waals surface area contributed by atoms with Crippen molar-refractivity contribution in [3.63, 3.8) is 0 Å². The third kappa shape index (κ3) is 5.19. The summed E-state index contributed by atoms with van der Waals surface area (Å²) >= 11 is 0. The van der Waals surface area contributed by atoms with Crippen LogP contribution in [0.1, 0.15) is 43.4 Å². The molecule has 0 amide bonds. The normalized spacial score (nSPS) is 13.1. The van der Waals surface area contributed by atoms with Gasteiger partial charge in [-0.3, -0.25) is 4.79 Å². The first-order chi connectivity index (χ1) is 14.1. The summed E-state index contributed by atoms with van der Waals surface area (Å²) in [5.74, 6) is -1.01. The summed E-state index contributed by atoms with van der Waals surface area (Å²) in [5.41, 5.74) is 1.89. The molecule has 0 unspecified atom stereocenters. The molecular weight excluding hydrogens is 398 g/mol. The Bertz CT molecular complexity index is 1110. The van der Waals surface area contributed by atoms with Gasteiger partial charge in [-0.2, -0.15) is 0 Å². The molecule has 158 valence electrons. The second-order valence-electron chi connectivity index (χ2n) is 8.39. The Morgan fingerprint density at radius 2 is 1.67 bits per heavy atom. The number of rotatable bonds is 6. The lowest BCUT2D eigenvalue weighted by atomic mass is 9.93. The van der Waals surface area contributed by atoms with E-state index in [4.69, 9.17) is 4.74 Å². The fraction of sp³-hybridized carbons (Fsp3) is 0.292. The average Bonchev–Trinajstić information content (AvgIpc) is 3.16. The predicted molar refractivity (Wildman–Crippen MR) is 116 cm³/mol. The zero-order chi connectivity index (χ0) is 21.9. The van der Waals surface area contributed by atoms with E-state index in [-0.39, 0.29) is 15.9 Å². The van der Waals surface area contributed by atoms with Crippen molar-refractivity contribution in [2.75, 3.05) is 0 Å². The first-order valence-electron chi connectivity index (χ1n) is 9.83. The van der Waals surface area contributed by atoms with Crippen molar-refractivity contribution in [1.82, 2.24) is 4.98 Å². The lowest BCUT2D eigenvalue weighted by Crippen LogP contribution is -2.28. The first kappa shape index (κ1) is 21.8. The summed E-state index contributed by atoms with van der Waals surface area (Å²) in [7, 11) is -3.71. The van der Waals surface area contributed by atoms with Crippen molar-refractivity contribution in [3.05, 3.63) is 83.6 Å². The van der Waals surface area contributed by atoms with Gasteiger partial charge in [0.1, 0.15) is 10.6 Å². The van der Waals surface area contributed by atoms with Crippen LogP contribution < -0.4 is 0 Å². The summed E-state index contributed by atoms with van der Waals surface area (Å²) in [6.45, 7) is 7.34. The van der Waals surface area contributed by atoms with Gasteiger partial charge in [0.15, 0.2) is 0 Å². The molecule has 1 atom stereocenters. The minimum absolute atomic E-state index is 0.0583. The molecule has 0 saturated carbocycles. The van der Waals surface area contributed by atoms with Gasteiger partial charge in [0, 0.05) is 6.20 Å². The van der Waals surface area contributed by atoms with Crippen molar-refractivity contribution < 1.29 is 17.9 Å². The first-order valence-corrected chi connectivity index (χ1v) is 11.3. The molecule has 3 rings (SSSR count). The highest BCUT2D eigenvalue weighted by molar-refractivity contribution is 7.91. The Kier molecular flexibility index (Phi) is 6.17. The molecule has 30 heavy (non-hydrogen) atoms. The third-order valence-electron chi connectivity index (χ3n) is 4.68. The fourth-order valence-electron chi connectivity index (χ4n) is 3.15. The minimum atomic E-state index is -3.71. The molecule has 0 spiro atoms. The van der Waals surface area contributed by atoms with Crippen LogP contribution in [0.25, 0.3) is 0 Å². The number of aromatic nitrogens is 1. The van der Waals surface area contributed by atoms with Crippen LogP contribution in [0.3, 0.4) is 0 Å². The maximum Gasteiger partial charge on any atom is 0.314 e. The van der Waals surface area contributed by atoms with Crippen LogP contribution in [-0.4, -0.2) is 25.0 Å². The summed E-state index contributed by atoms with van der Waals surface area (Å²) in [5, 5.41) is 0.0583. The fourth-order valence-corrected chi connectivity index (χ4v) is 4.40. The monoisotopic (exact) mass is 425 g/mol. The number of nitrogens with one attached hydrogen (secondary N) is 1. The largest absolute Gasteiger partial charge is 0.459 e. The number of hydrogen-bond acceptors (Lipinski definition) is 4. The highest BCUT2D eigenvalue weighted by atomic mass is 32.2. The number of aromatic amines is 1. The molecule has 1 aromatic heterocycles. The molecule has 2 aromatic carbocycles. The smallest absolute Gasteiger partial charge is 0.314 e. The van der Waals surface area contributed by atoms with Crippen molar-refractivity contribution in [1.29, 1.82) is 0 Å². The molecule has 0 aliphatic rings. The van der Waals surface area contributed by atoms with Gasteiger partial charge in [-0.1, -0.05) is 48.0 Å². The second-order valence-corrected chi connectivity index (χ2v) is 10.3. The van der Waals surface area contributed by atoms with Gasteiger partial charge >= 0.3 is 5.97 Å². The molecule has 0 radical (unpaired) electrons. The number of ether oxygens (including phenoxy) is 1. The average molecular weight is 426 g/mol. The summed E-state index contributed by atoms with van der Waals surface area (Å²) in [4.78, 5) is 16.0. The van der Waals surface area contributed by atoms with Gasteiger partial charge in [0.2, 0.25) is 9.84 Å². The van der Waals surface area contributed by atoms with Crippen LogP contribution >= 0.6 is 0 Å². The minimum Gasteiger partial charge on any atom is -0.459 e. The van der Waals surface area contributed by atoms with E-state index in [2.05, 4.69) is 4.98 Å². The Labute approximate surface area is 178 Å². The zero-order valence-electron chi connectivity index (χ0n) is 17.7. The molecule has 5 nitrogen and oxygen atoms in total. The molecule has 1 N–H and O–H groups in total. The second kappa shape index (κ2) is 8.48. The van der Waals surface area contributed by atoms with Gasteiger partial charge < -0.3 is 9.72 Å². The molecule has 0 bridgehead atoms. The van der Waals surface area contributed by atoms with E-state index in [0.29, 0.717) is 12.0 Å². The quantitative estimate of drug-likeness (QED) is 0.574. The number of sulfone groups is 1. The van der Waals surface area contributed by atoms with Crippen LogP contribution in [0.4, 0.5) is 0 Å². The van der Waals surface area contributed by atoms with E-state index in [9.17, 15) is 13.2 Å². The van der Waals surface area contributed by atoms with Gasteiger partial charge in [0.25, 0.3) is 0 Å². The van der Waals surface area contributed by atoms with Crippen LogP contribution in [0.2, 0.25) is 0 Å². The number of carbonyl (C=O) groups excluding carboxylic acids is 1. The van der Waals surface area contributed by atoms with Crippen LogP contribution in [-0.2, 0) is 25.8 Å². The lowest BCUT2D eigenvalue weighted by molar-refractivity contribution is -0.156. The standard InChI is InChI=1S/C24H27NO4S/c1-17-10-12-20(13-11-17)30(27,28)22-15-19(16-25-22)21(23(26)29-24(2,3)4)14-18-8-6-5-7-9-18/h5-13,15-16,21,25H,14H2,1-4H3/t21-/m1/s1. The molecule has 3 aromatic rings. The number of H-pyrrole nitrogens is 1. The number of carbonyl (C=O) groups is 1. The van der Waals surface area contributed by atoms with E-state index in [0.717, 1.165) is 11.1 Å². The van der Waals surface area contributed by atoms with Crippen LogP contribution in [0.15, 0.2) is 76.8 Å². The van der Waals surface area contributed by atoms with E-state index in [1.165, 1.54) is 6.07 Å². The maximum absolute atomic E-state index is 13.0. The Morgan fingerprint density at radius 1 is 1.03 bits per heavy atom. The van der Waals surface area contributed by atoms with Crippen molar-refractivity contribution in [2.24, 2.45) is 0 Å². The predicted octanol–water partition coefficient (Wildman–Crippen LogP) is 4.82. The van der Waals surface area contributed by atoms with E-state index in [1.807, 2.05) is 58.0 Å². The van der Waals surface area contributed by atoms with Gasteiger partial charge in [-0.25, -0.2) is 8.42 Å². The number of benzene rings is 2. The summed E-state index contributed by atoms with van der Waals surface area (Å²) in [6.07, 6.45) is 2.00. The molecule has 6 heteroatoms. The Morgan fingerprint density at radius 3 is 2.27 bits per heavy atom.